The molecule has 1 aliphatic heterocycles. The standard InChI is InChI=1S/C17H20N2/c1-13-6-7-15(11-18)17(10-13)19-9-8-14-4-2-3-5-16(14)12-19/h2-7,10H,8-9,11-12,18H2,1H3. The normalized spacial score (nSPS) is 14.3. The van der Waals surface area contributed by atoms with Gasteiger partial charge in [-0.25, -0.2) is 0 Å². The van der Waals surface area contributed by atoms with Crippen LogP contribution in [0.5, 0.6) is 0 Å². The molecule has 98 valence electrons. The zero-order valence-electron chi connectivity index (χ0n) is 11.4. The summed E-state index contributed by atoms with van der Waals surface area (Å²) in [5.74, 6) is 0. The van der Waals surface area contributed by atoms with Crippen molar-refractivity contribution in [3.63, 3.8) is 0 Å². The van der Waals surface area contributed by atoms with Gasteiger partial charge in [-0.2, -0.15) is 0 Å². The van der Waals surface area contributed by atoms with Crippen molar-refractivity contribution in [2.24, 2.45) is 5.73 Å². The van der Waals surface area contributed by atoms with Gasteiger partial charge in [0, 0.05) is 25.3 Å². The number of benzene rings is 2. The van der Waals surface area contributed by atoms with Crippen LogP contribution in [0, 0.1) is 6.92 Å². The number of fused-ring (bicyclic) bond motifs is 1. The van der Waals surface area contributed by atoms with E-state index in [4.69, 9.17) is 5.73 Å². The molecule has 0 atom stereocenters. The molecular weight excluding hydrogens is 232 g/mol. The minimum absolute atomic E-state index is 0.605. The number of rotatable bonds is 2. The topological polar surface area (TPSA) is 29.3 Å². The maximum Gasteiger partial charge on any atom is 0.0432 e. The molecule has 0 saturated carbocycles. The van der Waals surface area contributed by atoms with Crippen LogP contribution >= 0.6 is 0 Å². The van der Waals surface area contributed by atoms with Crippen molar-refractivity contribution in [3.05, 3.63) is 64.7 Å². The van der Waals surface area contributed by atoms with Crippen LogP contribution in [-0.4, -0.2) is 6.54 Å². The molecule has 2 heteroatoms. The highest BCUT2D eigenvalue weighted by atomic mass is 15.1. The van der Waals surface area contributed by atoms with Crippen molar-refractivity contribution < 1.29 is 0 Å². The lowest BCUT2D eigenvalue weighted by molar-refractivity contribution is 0.726. The Morgan fingerprint density at radius 1 is 1.11 bits per heavy atom. The third-order valence-electron chi connectivity index (χ3n) is 3.93. The van der Waals surface area contributed by atoms with E-state index in [0.29, 0.717) is 6.54 Å². The molecule has 1 heterocycles. The van der Waals surface area contributed by atoms with Crippen LogP contribution in [0.25, 0.3) is 0 Å². The molecule has 2 N–H and O–H groups in total. The summed E-state index contributed by atoms with van der Waals surface area (Å²) in [4.78, 5) is 2.46. The fourth-order valence-electron chi connectivity index (χ4n) is 2.84. The van der Waals surface area contributed by atoms with Gasteiger partial charge in [-0.05, 0) is 41.7 Å². The van der Waals surface area contributed by atoms with Gasteiger partial charge < -0.3 is 10.6 Å². The van der Waals surface area contributed by atoms with E-state index in [1.165, 1.54) is 27.9 Å². The fraction of sp³-hybridized carbons (Fsp3) is 0.294. The molecule has 3 rings (SSSR count). The van der Waals surface area contributed by atoms with E-state index in [2.05, 4.69) is 54.3 Å². The van der Waals surface area contributed by atoms with E-state index < -0.39 is 0 Å². The number of nitrogens with zero attached hydrogens (tertiary/aromatic N) is 1. The Kier molecular flexibility index (Phi) is 3.26. The number of hydrogen-bond acceptors (Lipinski definition) is 2. The Hall–Kier alpha value is -1.80. The smallest absolute Gasteiger partial charge is 0.0432 e. The highest BCUT2D eigenvalue weighted by Gasteiger charge is 2.17. The summed E-state index contributed by atoms with van der Waals surface area (Å²) in [6.07, 6.45) is 1.12. The molecule has 2 aromatic carbocycles. The molecule has 0 amide bonds. The SMILES string of the molecule is Cc1ccc(CN)c(N2CCc3ccccc3C2)c1. The Labute approximate surface area is 114 Å². The van der Waals surface area contributed by atoms with Gasteiger partial charge in [0.2, 0.25) is 0 Å². The molecule has 0 saturated heterocycles. The van der Waals surface area contributed by atoms with Crippen LogP contribution in [0.2, 0.25) is 0 Å². The first-order valence-electron chi connectivity index (χ1n) is 6.89. The van der Waals surface area contributed by atoms with Gasteiger partial charge >= 0.3 is 0 Å². The first-order valence-corrected chi connectivity index (χ1v) is 6.89. The molecule has 0 radical (unpaired) electrons. The van der Waals surface area contributed by atoms with Crippen LogP contribution in [0.1, 0.15) is 22.3 Å². The van der Waals surface area contributed by atoms with Gasteiger partial charge in [0.1, 0.15) is 0 Å². The zero-order chi connectivity index (χ0) is 13.2. The number of nitrogens with two attached hydrogens (primary N) is 1. The summed E-state index contributed by atoms with van der Waals surface area (Å²) in [5.41, 5.74) is 12.6. The quantitative estimate of drug-likeness (QED) is 0.890. The van der Waals surface area contributed by atoms with Crippen molar-refractivity contribution in [2.75, 3.05) is 11.4 Å². The molecule has 0 fully saturated rings. The van der Waals surface area contributed by atoms with Crippen molar-refractivity contribution in [3.8, 4) is 0 Å². The van der Waals surface area contributed by atoms with Crippen molar-refractivity contribution in [1.82, 2.24) is 0 Å². The number of anilines is 1. The summed E-state index contributed by atoms with van der Waals surface area (Å²) >= 11 is 0. The van der Waals surface area contributed by atoms with Gasteiger partial charge in [-0.15, -0.1) is 0 Å². The Morgan fingerprint density at radius 2 is 1.89 bits per heavy atom. The second-order valence-corrected chi connectivity index (χ2v) is 5.28. The average Bonchev–Trinajstić information content (AvgIpc) is 2.46. The Bertz CT molecular complexity index is 590. The van der Waals surface area contributed by atoms with Crippen LogP contribution in [0.4, 0.5) is 5.69 Å². The molecule has 2 nitrogen and oxygen atoms in total. The van der Waals surface area contributed by atoms with E-state index in [1.54, 1.807) is 0 Å². The van der Waals surface area contributed by atoms with Gasteiger partial charge in [-0.3, -0.25) is 0 Å². The predicted molar refractivity (Wildman–Crippen MR) is 80.3 cm³/mol. The molecule has 0 aromatic heterocycles. The van der Waals surface area contributed by atoms with Crippen LogP contribution < -0.4 is 10.6 Å². The van der Waals surface area contributed by atoms with Crippen LogP contribution in [-0.2, 0) is 19.5 Å². The van der Waals surface area contributed by atoms with Gasteiger partial charge in [-0.1, -0.05) is 36.4 Å². The Morgan fingerprint density at radius 3 is 2.68 bits per heavy atom. The van der Waals surface area contributed by atoms with Crippen molar-refractivity contribution >= 4 is 5.69 Å². The summed E-state index contributed by atoms with van der Waals surface area (Å²) in [5, 5.41) is 0. The predicted octanol–water partition coefficient (Wildman–Crippen LogP) is 3.02. The summed E-state index contributed by atoms with van der Waals surface area (Å²) in [7, 11) is 0. The molecule has 0 aliphatic carbocycles. The Balaban J connectivity index is 1.95. The lowest BCUT2D eigenvalue weighted by Crippen LogP contribution is -2.31. The van der Waals surface area contributed by atoms with E-state index in [-0.39, 0.29) is 0 Å². The fourth-order valence-corrected chi connectivity index (χ4v) is 2.84. The second kappa shape index (κ2) is 5.06. The van der Waals surface area contributed by atoms with E-state index in [1.807, 2.05) is 0 Å². The first-order chi connectivity index (χ1) is 9.28. The third-order valence-corrected chi connectivity index (χ3v) is 3.93. The molecular formula is C17H20N2. The van der Waals surface area contributed by atoms with E-state index >= 15 is 0 Å². The minimum Gasteiger partial charge on any atom is -0.367 e. The summed E-state index contributed by atoms with van der Waals surface area (Å²) in [6, 6.07) is 15.3. The number of aryl methyl sites for hydroxylation is 1. The minimum atomic E-state index is 0.605. The monoisotopic (exact) mass is 252 g/mol. The van der Waals surface area contributed by atoms with Crippen molar-refractivity contribution in [1.29, 1.82) is 0 Å². The molecule has 0 bridgehead atoms. The largest absolute Gasteiger partial charge is 0.367 e. The summed E-state index contributed by atoms with van der Waals surface area (Å²) < 4.78 is 0. The molecule has 0 unspecified atom stereocenters. The number of hydrogen-bond donors (Lipinski definition) is 1. The van der Waals surface area contributed by atoms with E-state index in [9.17, 15) is 0 Å². The first kappa shape index (κ1) is 12.2. The van der Waals surface area contributed by atoms with Gasteiger partial charge in [0.15, 0.2) is 0 Å². The maximum absolute atomic E-state index is 5.88. The lowest BCUT2D eigenvalue weighted by Gasteiger charge is -2.32. The molecule has 1 aliphatic rings. The third kappa shape index (κ3) is 2.36. The molecule has 2 aromatic rings. The summed E-state index contributed by atoms with van der Waals surface area (Å²) in [6.45, 7) is 4.82. The average molecular weight is 252 g/mol. The molecule has 0 spiro atoms. The van der Waals surface area contributed by atoms with Gasteiger partial charge in [0.05, 0.1) is 0 Å². The van der Waals surface area contributed by atoms with Crippen molar-refractivity contribution in [2.45, 2.75) is 26.4 Å². The lowest BCUT2D eigenvalue weighted by atomic mass is 9.98. The van der Waals surface area contributed by atoms with Crippen LogP contribution in [0.15, 0.2) is 42.5 Å². The second-order valence-electron chi connectivity index (χ2n) is 5.28. The van der Waals surface area contributed by atoms with Crippen LogP contribution in [0.3, 0.4) is 0 Å². The van der Waals surface area contributed by atoms with E-state index in [0.717, 1.165) is 19.5 Å². The highest BCUT2D eigenvalue weighted by molar-refractivity contribution is 5.57. The molecule has 19 heavy (non-hydrogen) atoms. The zero-order valence-corrected chi connectivity index (χ0v) is 11.4. The maximum atomic E-state index is 5.88. The highest BCUT2D eigenvalue weighted by Crippen LogP contribution is 2.28. The van der Waals surface area contributed by atoms with Gasteiger partial charge in [0.25, 0.3) is 0 Å².